The molecule has 110 valence electrons. The van der Waals surface area contributed by atoms with Crippen molar-refractivity contribution in [2.75, 3.05) is 5.32 Å². The van der Waals surface area contributed by atoms with Gasteiger partial charge in [0.2, 0.25) is 5.91 Å². The van der Waals surface area contributed by atoms with E-state index < -0.39 is 0 Å². The topological polar surface area (TPSA) is 72.9 Å². The van der Waals surface area contributed by atoms with Crippen molar-refractivity contribution in [3.63, 3.8) is 0 Å². The number of carbonyl (C=O) groups excluding carboxylic acids is 1. The Balaban J connectivity index is 2.06. The lowest BCUT2D eigenvalue weighted by Crippen LogP contribution is -2.26. The zero-order valence-electron chi connectivity index (χ0n) is 11.9. The molecular formula is C14H22N4OS. The molecule has 2 rings (SSSR count). The minimum absolute atomic E-state index is 0.0630. The van der Waals surface area contributed by atoms with Crippen LogP contribution in [0.15, 0.2) is 6.20 Å². The van der Waals surface area contributed by atoms with Crippen LogP contribution in [0.2, 0.25) is 0 Å². The first-order valence-corrected chi connectivity index (χ1v) is 7.63. The molecular weight excluding hydrogens is 272 g/mol. The molecule has 1 fully saturated rings. The van der Waals surface area contributed by atoms with Crippen LogP contribution < -0.4 is 11.1 Å². The van der Waals surface area contributed by atoms with Gasteiger partial charge in [0.1, 0.15) is 10.8 Å². The van der Waals surface area contributed by atoms with E-state index >= 15 is 0 Å². The van der Waals surface area contributed by atoms with Crippen LogP contribution >= 0.6 is 12.2 Å². The van der Waals surface area contributed by atoms with E-state index in [0.29, 0.717) is 11.4 Å². The predicted octanol–water partition coefficient (Wildman–Crippen LogP) is 2.35. The second-order valence-corrected chi connectivity index (χ2v) is 5.87. The Morgan fingerprint density at radius 1 is 1.35 bits per heavy atom. The molecule has 1 aromatic heterocycles. The van der Waals surface area contributed by atoms with Crippen molar-refractivity contribution in [3.05, 3.63) is 11.8 Å². The van der Waals surface area contributed by atoms with E-state index in [9.17, 15) is 4.79 Å². The number of anilines is 1. The smallest absolute Gasteiger partial charge is 0.228 e. The third kappa shape index (κ3) is 3.56. The Hall–Kier alpha value is -1.43. The van der Waals surface area contributed by atoms with Crippen LogP contribution in [0.4, 0.5) is 5.82 Å². The average molecular weight is 294 g/mol. The summed E-state index contributed by atoms with van der Waals surface area (Å²) in [6, 6.07) is 0. The molecule has 1 amide bonds. The van der Waals surface area contributed by atoms with Gasteiger partial charge in [-0.1, -0.05) is 44.3 Å². The summed E-state index contributed by atoms with van der Waals surface area (Å²) in [5.74, 6) is 0.752. The van der Waals surface area contributed by atoms with Gasteiger partial charge in [-0.3, -0.25) is 9.48 Å². The van der Waals surface area contributed by atoms with Gasteiger partial charge in [0.15, 0.2) is 0 Å². The van der Waals surface area contributed by atoms with Crippen molar-refractivity contribution in [2.45, 2.75) is 44.9 Å². The number of hydrogen-bond acceptors (Lipinski definition) is 3. The van der Waals surface area contributed by atoms with E-state index in [1.165, 1.54) is 19.3 Å². The maximum absolute atomic E-state index is 12.4. The molecule has 0 aliphatic heterocycles. The van der Waals surface area contributed by atoms with Crippen molar-refractivity contribution in [1.29, 1.82) is 0 Å². The summed E-state index contributed by atoms with van der Waals surface area (Å²) in [5, 5.41) is 7.06. The summed E-state index contributed by atoms with van der Waals surface area (Å²) in [5.41, 5.74) is 6.28. The number of rotatable bonds is 3. The molecule has 1 saturated carbocycles. The fraction of sp³-hybridized carbons (Fsp3) is 0.643. The average Bonchev–Trinajstić information content (AvgIpc) is 2.70. The van der Waals surface area contributed by atoms with E-state index in [0.717, 1.165) is 25.7 Å². The first-order chi connectivity index (χ1) is 9.59. The monoisotopic (exact) mass is 294 g/mol. The number of nitrogens with zero attached hydrogens (tertiary/aromatic N) is 2. The SMILES string of the molecule is Cn1ncc(C(N)=S)c1NC(=O)C1CCCCCCC1. The summed E-state index contributed by atoms with van der Waals surface area (Å²) >= 11 is 4.98. The van der Waals surface area contributed by atoms with Crippen LogP contribution in [0.25, 0.3) is 0 Å². The van der Waals surface area contributed by atoms with Gasteiger partial charge in [0.05, 0.1) is 11.8 Å². The number of nitrogens with two attached hydrogens (primary N) is 1. The van der Waals surface area contributed by atoms with Gasteiger partial charge in [-0.25, -0.2) is 0 Å². The summed E-state index contributed by atoms with van der Waals surface area (Å²) in [6.45, 7) is 0. The fourth-order valence-electron chi connectivity index (χ4n) is 2.70. The lowest BCUT2D eigenvalue weighted by molar-refractivity contribution is -0.120. The van der Waals surface area contributed by atoms with Gasteiger partial charge < -0.3 is 11.1 Å². The number of nitrogens with one attached hydrogen (secondary N) is 1. The highest BCUT2D eigenvalue weighted by molar-refractivity contribution is 7.80. The normalized spacial score (nSPS) is 17.2. The molecule has 0 spiro atoms. The second kappa shape index (κ2) is 6.83. The van der Waals surface area contributed by atoms with Crippen LogP contribution in [-0.2, 0) is 11.8 Å². The highest BCUT2D eigenvalue weighted by Gasteiger charge is 2.22. The maximum Gasteiger partial charge on any atom is 0.228 e. The minimum atomic E-state index is 0.0630. The molecule has 5 nitrogen and oxygen atoms in total. The lowest BCUT2D eigenvalue weighted by atomic mass is 9.90. The Morgan fingerprint density at radius 2 is 1.95 bits per heavy atom. The second-order valence-electron chi connectivity index (χ2n) is 5.43. The van der Waals surface area contributed by atoms with E-state index in [4.69, 9.17) is 18.0 Å². The zero-order valence-corrected chi connectivity index (χ0v) is 12.7. The highest BCUT2D eigenvalue weighted by atomic mass is 32.1. The first kappa shape index (κ1) is 15.0. The van der Waals surface area contributed by atoms with E-state index in [1.807, 2.05) is 0 Å². The zero-order chi connectivity index (χ0) is 14.5. The predicted molar refractivity (Wildman–Crippen MR) is 83.5 cm³/mol. The lowest BCUT2D eigenvalue weighted by Gasteiger charge is -2.19. The first-order valence-electron chi connectivity index (χ1n) is 7.22. The molecule has 0 radical (unpaired) electrons. The molecule has 20 heavy (non-hydrogen) atoms. The molecule has 1 aliphatic rings. The van der Waals surface area contributed by atoms with Gasteiger partial charge in [-0.05, 0) is 12.8 Å². The standard InChI is InChI=1S/C14H22N4OS/c1-18-13(11(9-16-18)12(15)20)17-14(19)10-7-5-3-2-4-6-8-10/h9-10H,2-8H2,1H3,(H2,15,20)(H,17,19). The Morgan fingerprint density at radius 3 is 2.55 bits per heavy atom. The summed E-state index contributed by atoms with van der Waals surface area (Å²) in [4.78, 5) is 12.7. The van der Waals surface area contributed by atoms with E-state index in [1.54, 1.807) is 17.9 Å². The largest absolute Gasteiger partial charge is 0.389 e. The Bertz CT molecular complexity index is 489. The highest BCUT2D eigenvalue weighted by Crippen LogP contribution is 2.24. The van der Waals surface area contributed by atoms with Crippen LogP contribution in [-0.4, -0.2) is 20.7 Å². The van der Waals surface area contributed by atoms with Crippen LogP contribution in [0.5, 0.6) is 0 Å². The van der Waals surface area contributed by atoms with Crippen molar-refractivity contribution >= 4 is 28.9 Å². The summed E-state index contributed by atoms with van der Waals surface area (Å²) in [7, 11) is 1.77. The number of carbonyl (C=O) groups is 1. The molecule has 6 heteroatoms. The number of hydrogen-bond donors (Lipinski definition) is 2. The van der Waals surface area contributed by atoms with Gasteiger partial charge in [-0.15, -0.1) is 0 Å². The third-order valence-electron chi connectivity index (χ3n) is 3.92. The number of thiocarbonyl (C=S) groups is 1. The third-order valence-corrected chi connectivity index (χ3v) is 4.14. The fourth-order valence-corrected chi connectivity index (χ4v) is 2.85. The molecule has 0 unspecified atom stereocenters. The van der Waals surface area contributed by atoms with Crippen LogP contribution in [0.1, 0.15) is 50.5 Å². The molecule has 0 aromatic carbocycles. The van der Waals surface area contributed by atoms with E-state index in [2.05, 4.69) is 10.4 Å². The van der Waals surface area contributed by atoms with Crippen LogP contribution in [0, 0.1) is 5.92 Å². The molecule has 1 aromatic rings. The van der Waals surface area contributed by atoms with Gasteiger partial charge in [0, 0.05) is 13.0 Å². The molecule has 1 heterocycles. The quantitative estimate of drug-likeness (QED) is 0.839. The van der Waals surface area contributed by atoms with Crippen molar-refractivity contribution in [1.82, 2.24) is 9.78 Å². The molecule has 0 atom stereocenters. The Kier molecular flexibility index (Phi) is 5.11. The van der Waals surface area contributed by atoms with Gasteiger partial charge in [0.25, 0.3) is 0 Å². The minimum Gasteiger partial charge on any atom is -0.389 e. The van der Waals surface area contributed by atoms with Crippen LogP contribution in [0.3, 0.4) is 0 Å². The van der Waals surface area contributed by atoms with Crippen molar-refractivity contribution < 1.29 is 4.79 Å². The molecule has 1 aliphatic carbocycles. The van der Waals surface area contributed by atoms with Crippen molar-refractivity contribution in [2.24, 2.45) is 18.7 Å². The summed E-state index contributed by atoms with van der Waals surface area (Å²) < 4.78 is 1.61. The molecule has 0 bridgehead atoms. The van der Waals surface area contributed by atoms with Gasteiger partial charge in [-0.2, -0.15) is 5.10 Å². The molecule has 3 N–H and O–H groups in total. The Labute approximate surface area is 124 Å². The van der Waals surface area contributed by atoms with E-state index in [-0.39, 0.29) is 16.8 Å². The number of amides is 1. The van der Waals surface area contributed by atoms with Crippen molar-refractivity contribution in [3.8, 4) is 0 Å². The maximum atomic E-state index is 12.4. The summed E-state index contributed by atoms with van der Waals surface area (Å²) in [6.07, 6.45) is 9.54. The van der Waals surface area contributed by atoms with Gasteiger partial charge >= 0.3 is 0 Å². The number of aromatic nitrogens is 2. The molecule has 0 saturated heterocycles. The number of aryl methyl sites for hydroxylation is 1.